The number of nitrogens with one attached hydrogen (secondary N) is 1. The molecule has 0 bridgehead atoms. The van der Waals surface area contributed by atoms with Gasteiger partial charge in [-0.15, -0.1) is 0 Å². The van der Waals surface area contributed by atoms with E-state index in [1.54, 1.807) is 7.11 Å². The van der Waals surface area contributed by atoms with Gasteiger partial charge in [-0.05, 0) is 62.1 Å². The van der Waals surface area contributed by atoms with Crippen LogP contribution in [0.2, 0.25) is 0 Å². The number of aromatic nitrogens is 2. The van der Waals surface area contributed by atoms with Gasteiger partial charge in [-0.1, -0.05) is 24.3 Å². The topological polar surface area (TPSA) is 39.1 Å². The molecule has 3 aromatic rings. The standard InChI is InChI=1S/C22H25N3O/c1-15(24-19-12-17-6-4-5-7-18(17)13-19)22-14-23-25(16(22)2)20-8-10-21(26-3)11-9-20/h4-11,14-15,19,24H,12-13H2,1-3H3/t15-/m0/s1. The Balaban J connectivity index is 1.49. The van der Waals surface area contributed by atoms with Crippen LogP contribution >= 0.6 is 0 Å². The summed E-state index contributed by atoms with van der Waals surface area (Å²) in [5.74, 6) is 0.856. The molecule has 4 nitrogen and oxygen atoms in total. The highest BCUT2D eigenvalue weighted by Crippen LogP contribution is 2.26. The molecule has 1 aromatic heterocycles. The second kappa shape index (κ2) is 6.96. The smallest absolute Gasteiger partial charge is 0.119 e. The average Bonchev–Trinajstić information content (AvgIpc) is 3.24. The van der Waals surface area contributed by atoms with Gasteiger partial charge < -0.3 is 10.1 Å². The highest BCUT2D eigenvalue weighted by atomic mass is 16.5. The fraction of sp³-hybridized carbons (Fsp3) is 0.318. The van der Waals surface area contributed by atoms with Gasteiger partial charge in [-0.2, -0.15) is 5.10 Å². The Morgan fingerprint density at radius 2 is 1.73 bits per heavy atom. The van der Waals surface area contributed by atoms with Crippen LogP contribution < -0.4 is 10.1 Å². The van der Waals surface area contributed by atoms with Gasteiger partial charge in [0, 0.05) is 23.3 Å². The first kappa shape index (κ1) is 16.9. The molecule has 0 spiro atoms. The van der Waals surface area contributed by atoms with Crippen molar-refractivity contribution in [1.82, 2.24) is 15.1 Å². The minimum Gasteiger partial charge on any atom is -0.497 e. The van der Waals surface area contributed by atoms with Crippen molar-refractivity contribution in [2.24, 2.45) is 0 Å². The Labute approximate surface area is 154 Å². The average molecular weight is 347 g/mol. The number of nitrogens with zero attached hydrogens (tertiary/aromatic N) is 2. The van der Waals surface area contributed by atoms with Crippen molar-refractivity contribution in [2.75, 3.05) is 7.11 Å². The van der Waals surface area contributed by atoms with E-state index in [9.17, 15) is 0 Å². The van der Waals surface area contributed by atoms with Gasteiger partial charge in [0.15, 0.2) is 0 Å². The van der Waals surface area contributed by atoms with Crippen LogP contribution in [0.3, 0.4) is 0 Å². The van der Waals surface area contributed by atoms with E-state index in [-0.39, 0.29) is 6.04 Å². The van der Waals surface area contributed by atoms with Gasteiger partial charge in [-0.25, -0.2) is 4.68 Å². The highest BCUT2D eigenvalue weighted by molar-refractivity contribution is 5.40. The number of hydrogen-bond acceptors (Lipinski definition) is 3. The molecule has 1 aliphatic rings. The molecule has 0 aliphatic heterocycles. The molecular formula is C22H25N3O. The van der Waals surface area contributed by atoms with Gasteiger partial charge in [0.05, 0.1) is 19.0 Å². The molecule has 26 heavy (non-hydrogen) atoms. The summed E-state index contributed by atoms with van der Waals surface area (Å²) in [7, 11) is 1.68. The lowest BCUT2D eigenvalue weighted by atomic mass is 10.1. The zero-order chi connectivity index (χ0) is 18.1. The Bertz CT molecular complexity index is 873. The molecule has 4 heteroatoms. The first-order valence-electron chi connectivity index (χ1n) is 9.17. The third-order valence-corrected chi connectivity index (χ3v) is 5.37. The first-order chi connectivity index (χ1) is 12.7. The lowest BCUT2D eigenvalue weighted by molar-refractivity contribution is 0.414. The SMILES string of the molecule is COc1ccc(-n2ncc([C@H](C)NC3Cc4ccccc4C3)c2C)cc1. The monoisotopic (exact) mass is 347 g/mol. The van der Waals surface area contributed by atoms with E-state index in [1.807, 2.05) is 35.1 Å². The predicted molar refractivity (Wildman–Crippen MR) is 104 cm³/mol. The zero-order valence-corrected chi connectivity index (χ0v) is 15.6. The lowest BCUT2D eigenvalue weighted by Crippen LogP contribution is -2.32. The van der Waals surface area contributed by atoms with Crippen LogP contribution in [0, 0.1) is 6.92 Å². The maximum Gasteiger partial charge on any atom is 0.119 e. The van der Waals surface area contributed by atoms with Gasteiger partial charge in [0.1, 0.15) is 5.75 Å². The molecule has 0 saturated heterocycles. The molecule has 4 rings (SSSR count). The third kappa shape index (κ3) is 3.13. The summed E-state index contributed by atoms with van der Waals surface area (Å²) in [6.45, 7) is 4.36. The number of ether oxygens (including phenoxy) is 1. The van der Waals surface area contributed by atoms with Gasteiger partial charge in [0.2, 0.25) is 0 Å². The van der Waals surface area contributed by atoms with E-state index in [2.05, 4.69) is 48.5 Å². The van der Waals surface area contributed by atoms with Crippen molar-refractivity contribution in [3.63, 3.8) is 0 Å². The van der Waals surface area contributed by atoms with Crippen molar-refractivity contribution in [3.05, 3.63) is 77.1 Å². The van der Waals surface area contributed by atoms with Crippen LogP contribution in [-0.4, -0.2) is 22.9 Å². The molecule has 0 amide bonds. The fourth-order valence-corrected chi connectivity index (χ4v) is 3.95. The number of methoxy groups -OCH3 is 1. The van der Waals surface area contributed by atoms with E-state index in [0.29, 0.717) is 6.04 Å². The van der Waals surface area contributed by atoms with E-state index in [1.165, 1.54) is 22.4 Å². The Kier molecular flexibility index (Phi) is 4.51. The quantitative estimate of drug-likeness (QED) is 0.758. The van der Waals surface area contributed by atoms with Gasteiger partial charge in [-0.3, -0.25) is 0 Å². The summed E-state index contributed by atoms with van der Waals surface area (Å²) in [5.41, 5.74) is 6.42. The van der Waals surface area contributed by atoms with Crippen molar-refractivity contribution in [3.8, 4) is 11.4 Å². The van der Waals surface area contributed by atoms with Crippen LogP contribution in [0.1, 0.15) is 35.3 Å². The van der Waals surface area contributed by atoms with E-state index in [4.69, 9.17) is 4.74 Å². The van der Waals surface area contributed by atoms with Crippen LogP contribution in [0.25, 0.3) is 5.69 Å². The Hall–Kier alpha value is -2.59. The molecule has 0 saturated carbocycles. The van der Waals surface area contributed by atoms with Gasteiger partial charge in [0.25, 0.3) is 0 Å². The van der Waals surface area contributed by atoms with Crippen LogP contribution in [0.5, 0.6) is 5.75 Å². The Morgan fingerprint density at radius 3 is 2.35 bits per heavy atom. The summed E-state index contributed by atoms with van der Waals surface area (Å²) in [4.78, 5) is 0. The van der Waals surface area contributed by atoms with Crippen LogP contribution in [-0.2, 0) is 12.8 Å². The normalized spacial score (nSPS) is 15.0. The largest absolute Gasteiger partial charge is 0.497 e. The molecule has 0 unspecified atom stereocenters. The summed E-state index contributed by atoms with van der Waals surface area (Å²) in [5, 5.41) is 8.41. The summed E-state index contributed by atoms with van der Waals surface area (Å²) >= 11 is 0. The number of fused-ring (bicyclic) bond motifs is 1. The predicted octanol–water partition coefficient (Wildman–Crippen LogP) is 4.01. The number of rotatable bonds is 5. The van der Waals surface area contributed by atoms with E-state index < -0.39 is 0 Å². The summed E-state index contributed by atoms with van der Waals surface area (Å²) < 4.78 is 7.24. The summed E-state index contributed by atoms with van der Waals surface area (Å²) in [6.07, 6.45) is 4.19. The van der Waals surface area contributed by atoms with E-state index in [0.717, 1.165) is 24.3 Å². The minimum atomic E-state index is 0.265. The molecule has 1 aliphatic carbocycles. The highest BCUT2D eigenvalue weighted by Gasteiger charge is 2.24. The minimum absolute atomic E-state index is 0.265. The molecular weight excluding hydrogens is 322 g/mol. The molecule has 1 atom stereocenters. The van der Waals surface area contributed by atoms with Crippen molar-refractivity contribution >= 4 is 0 Å². The molecule has 1 N–H and O–H groups in total. The maximum atomic E-state index is 5.24. The zero-order valence-electron chi connectivity index (χ0n) is 15.6. The first-order valence-corrected chi connectivity index (χ1v) is 9.17. The van der Waals surface area contributed by atoms with Crippen molar-refractivity contribution < 1.29 is 4.74 Å². The molecule has 0 radical (unpaired) electrons. The molecule has 2 aromatic carbocycles. The molecule has 0 fully saturated rings. The Morgan fingerprint density at radius 1 is 1.08 bits per heavy atom. The fourth-order valence-electron chi connectivity index (χ4n) is 3.95. The van der Waals surface area contributed by atoms with Crippen molar-refractivity contribution in [2.45, 2.75) is 38.8 Å². The van der Waals surface area contributed by atoms with Crippen molar-refractivity contribution in [1.29, 1.82) is 0 Å². The second-order valence-corrected chi connectivity index (χ2v) is 7.06. The summed E-state index contributed by atoms with van der Waals surface area (Å²) in [6, 6.07) is 17.5. The number of benzene rings is 2. The molecule has 1 heterocycles. The van der Waals surface area contributed by atoms with Crippen LogP contribution in [0.15, 0.2) is 54.7 Å². The molecule has 134 valence electrons. The maximum absolute atomic E-state index is 5.24. The third-order valence-electron chi connectivity index (χ3n) is 5.37. The second-order valence-electron chi connectivity index (χ2n) is 7.06. The lowest BCUT2D eigenvalue weighted by Gasteiger charge is -2.19. The van der Waals surface area contributed by atoms with E-state index >= 15 is 0 Å². The van der Waals surface area contributed by atoms with Crippen LogP contribution in [0.4, 0.5) is 0 Å². The van der Waals surface area contributed by atoms with Gasteiger partial charge >= 0.3 is 0 Å². The number of hydrogen-bond donors (Lipinski definition) is 1.